The number of fused-ring (bicyclic) bond motifs is 2. The molecule has 0 aliphatic carbocycles. The predicted molar refractivity (Wildman–Crippen MR) is 127 cm³/mol. The van der Waals surface area contributed by atoms with E-state index in [0.29, 0.717) is 17.0 Å². The fourth-order valence-corrected chi connectivity index (χ4v) is 3.54. The topological polar surface area (TPSA) is 104 Å². The zero-order valence-corrected chi connectivity index (χ0v) is 20.8. The van der Waals surface area contributed by atoms with Crippen LogP contribution in [0.2, 0.25) is 0 Å². The summed E-state index contributed by atoms with van der Waals surface area (Å²) in [6.07, 6.45) is 1.81. The highest BCUT2D eigenvalue weighted by molar-refractivity contribution is 6.77. The Hall–Kier alpha value is -3.14. The van der Waals surface area contributed by atoms with Crippen LogP contribution < -0.4 is 0 Å². The summed E-state index contributed by atoms with van der Waals surface area (Å²) in [5.41, 5.74) is 3.04. The molecule has 4 aromatic rings. The summed E-state index contributed by atoms with van der Waals surface area (Å²) in [5.74, 6) is -1.73. The lowest BCUT2D eigenvalue weighted by atomic mass is 10.2. The fraction of sp³-hybridized carbons (Fsp3) is 0.227. The molecule has 0 saturated heterocycles. The van der Waals surface area contributed by atoms with E-state index in [0.717, 1.165) is 11.3 Å². The lowest BCUT2D eigenvalue weighted by Crippen LogP contribution is -2.23. The van der Waals surface area contributed by atoms with E-state index >= 15 is 0 Å². The Labute approximate surface area is 209 Å². The van der Waals surface area contributed by atoms with Crippen molar-refractivity contribution in [3.8, 4) is 0 Å². The molecule has 178 valence electrons. The van der Waals surface area contributed by atoms with Gasteiger partial charge in [-0.1, -0.05) is 46.9 Å². The van der Waals surface area contributed by atoms with Crippen LogP contribution in [0.3, 0.4) is 0 Å². The molecule has 4 rings (SSSR count). The summed E-state index contributed by atoms with van der Waals surface area (Å²) in [5, 5.41) is 0. The Morgan fingerprint density at radius 3 is 2.00 bits per heavy atom. The van der Waals surface area contributed by atoms with Crippen molar-refractivity contribution in [2.75, 3.05) is 14.2 Å². The normalized spacial score (nSPS) is 11.1. The highest BCUT2D eigenvalue weighted by atomic mass is 35.6. The van der Waals surface area contributed by atoms with Crippen molar-refractivity contribution in [2.45, 2.75) is 17.6 Å². The van der Waals surface area contributed by atoms with Gasteiger partial charge in [0.1, 0.15) is 28.4 Å². The monoisotopic (exact) mass is 524 g/mol. The van der Waals surface area contributed by atoms with Crippen molar-refractivity contribution >= 4 is 63.8 Å². The van der Waals surface area contributed by atoms with Gasteiger partial charge in [-0.05, 0) is 38.1 Å². The van der Waals surface area contributed by atoms with Crippen LogP contribution in [0, 0.1) is 13.8 Å². The molecule has 0 aliphatic heterocycles. The highest BCUT2D eigenvalue weighted by Gasteiger charge is 2.36. The number of rotatable bonds is 3. The standard InChI is InChI=1S/C12H9Cl3N2O3.C10H10N2O2/c1-6-9(10(18)12(13,14)15)17-7(11(19)20-2)4-3-5-8(17)16-6;1-7-6-12-8(10(13)14-2)4-3-5-9(12)11-7/h3-5H,1-2H3;3-6H,1-2H3. The minimum atomic E-state index is -2.13. The van der Waals surface area contributed by atoms with E-state index in [2.05, 4.69) is 19.4 Å². The predicted octanol–water partition coefficient (Wildman–Crippen LogP) is 4.41. The SMILES string of the molecule is COC(=O)c1cccc2nc(C)c(C(=O)C(Cl)(Cl)Cl)n12.COC(=O)c1cccc2nc(C)cn12. The summed E-state index contributed by atoms with van der Waals surface area (Å²) < 4.78 is 10.3. The Morgan fingerprint density at radius 2 is 1.41 bits per heavy atom. The van der Waals surface area contributed by atoms with Gasteiger partial charge in [0.25, 0.3) is 3.79 Å². The van der Waals surface area contributed by atoms with Crippen molar-refractivity contribution in [3.63, 3.8) is 0 Å². The largest absolute Gasteiger partial charge is 0.464 e. The molecule has 0 aliphatic rings. The zero-order valence-electron chi connectivity index (χ0n) is 18.5. The minimum Gasteiger partial charge on any atom is -0.464 e. The van der Waals surface area contributed by atoms with E-state index in [4.69, 9.17) is 34.8 Å². The molecule has 4 aromatic heterocycles. The second-order valence-electron chi connectivity index (χ2n) is 6.98. The van der Waals surface area contributed by atoms with Crippen molar-refractivity contribution in [1.82, 2.24) is 18.8 Å². The maximum Gasteiger partial charge on any atom is 0.355 e. The Kier molecular flexibility index (Phi) is 7.50. The van der Waals surface area contributed by atoms with Crippen LogP contribution in [-0.2, 0) is 9.47 Å². The molecular weight excluding hydrogens is 507 g/mol. The van der Waals surface area contributed by atoms with Gasteiger partial charge in [0, 0.05) is 6.20 Å². The number of pyridine rings is 2. The van der Waals surface area contributed by atoms with Gasteiger partial charge >= 0.3 is 11.9 Å². The highest BCUT2D eigenvalue weighted by Crippen LogP contribution is 2.32. The van der Waals surface area contributed by atoms with Crippen LogP contribution >= 0.6 is 34.8 Å². The Bertz CT molecular complexity index is 1410. The van der Waals surface area contributed by atoms with E-state index < -0.39 is 15.5 Å². The molecule has 0 bridgehead atoms. The molecule has 4 heterocycles. The first-order valence-electron chi connectivity index (χ1n) is 9.70. The second kappa shape index (κ2) is 10.0. The molecule has 0 spiro atoms. The van der Waals surface area contributed by atoms with E-state index in [1.807, 2.05) is 19.2 Å². The van der Waals surface area contributed by atoms with E-state index in [9.17, 15) is 14.4 Å². The first-order chi connectivity index (χ1) is 16.0. The number of carbonyl (C=O) groups is 3. The van der Waals surface area contributed by atoms with Crippen LogP contribution in [0.15, 0.2) is 42.6 Å². The number of hydrogen-bond acceptors (Lipinski definition) is 7. The summed E-state index contributed by atoms with van der Waals surface area (Å²) in [6.45, 7) is 3.48. The van der Waals surface area contributed by atoms with Crippen LogP contribution in [-0.4, -0.2) is 54.5 Å². The van der Waals surface area contributed by atoms with Gasteiger partial charge in [0.2, 0.25) is 5.78 Å². The van der Waals surface area contributed by atoms with Crippen LogP contribution in [0.4, 0.5) is 0 Å². The quantitative estimate of drug-likeness (QED) is 0.222. The van der Waals surface area contributed by atoms with Gasteiger partial charge in [-0.3, -0.25) is 13.6 Å². The number of ketones is 1. The number of carbonyl (C=O) groups excluding carboxylic acids is 3. The molecule has 0 N–H and O–H groups in total. The number of halogens is 3. The van der Waals surface area contributed by atoms with Crippen LogP contribution in [0.1, 0.15) is 42.9 Å². The summed E-state index contributed by atoms with van der Waals surface area (Å²) in [6, 6.07) is 10.1. The fourth-order valence-electron chi connectivity index (χ4n) is 3.27. The first-order valence-corrected chi connectivity index (χ1v) is 10.8. The molecule has 0 unspecified atom stereocenters. The maximum atomic E-state index is 12.2. The van der Waals surface area contributed by atoms with Crippen molar-refractivity contribution in [2.24, 2.45) is 0 Å². The number of aryl methyl sites for hydroxylation is 2. The number of esters is 2. The molecule has 9 nitrogen and oxygen atoms in total. The van der Waals surface area contributed by atoms with Crippen molar-refractivity contribution in [1.29, 1.82) is 0 Å². The Balaban J connectivity index is 0.000000202. The maximum absolute atomic E-state index is 12.2. The third-order valence-electron chi connectivity index (χ3n) is 4.69. The average Bonchev–Trinajstić information content (AvgIpc) is 3.34. The van der Waals surface area contributed by atoms with E-state index in [1.165, 1.54) is 24.7 Å². The molecule has 0 atom stereocenters. The minimum absolute atomic E-state index is 0.0426. The second-order valence-corrected chi connectivity index (χ2v) is 9.26. The van der Waals surface area contributed by atoms with Gasteiger partial charge in [0.15, 0.2) is 0 Å². The summed E-state index contributed by atoms with van der Waals surface area (Å²) in [7, 11) is 2.60. The number of imidazole rings is 2. The third-order valence-corrected chi connectivity index (χ3v) is 5.21. The molecule has 0 fully saturated rings. The number of ether oxygens (including phenoxy) is 2. The zero-order chi connectivity index (χ0) is 25.2. The molecule has 0 aromatic carbocycles. The number of Topliss-reactive ketones (excluding diaryl/α,β-unsaturated/α-hetero) is 1. The molecule has 0 amide bonds. The van der Waals surface area contributed by atoms with Gasteiger partial charge in [-0.15, -0.1) is 0 Å². The van der Waals surface area contributed by atoms with Crippen LogP contribution in [0.5, 0.6) is 0 Å². The Morgan fingerprint density at radius 1 is 0.853 bits per heavy atom. The van der Waals surface area contributed by atoms with Gasteiger partial charge in [-0.25, -0.2) is 19.6 Å². The number of alkyl halides is 3. The van der Waals surface area contributed by atoms with Gasteiger partial charge < -0.3 is 9.47 Å². The summed E-state index contributed by atoms with van der Waals surface area (Å²) >= 11 is 16.9. The molecular formula is C22H19Cl3N4O5. The molecule has 0 saturated carbocycles. The first kappa shape index (κ1) is 25.5. The molecule has 0 radical (unpaired) electrons. The van der Waals surface area contributed by atoms with E-state index in [-0.39, 0.29) is 17.4 Å². The third kappa shape index (κ3) is 5.01. The van der Waals surface area contributed by atoms with Gasteiger partial charge in [0.05, 0.1) is 25.6 Å². The molecule has 12 heteroatoms. The lowest BCUT2D eigenvalue weighted by Gasteiger charge is -2.11. The number of nitrogens with zero attached hydrogens (tertiary/aromatic N) is 4. The summed E-state index contributed by atoms with van der Waals surface area (Å²) in [4.78, 5) is 43.8. The van der Waals surface area contributed by atoms with Crippen LogP contribution in [0.25, 0.3) is 11.3 Å². The lowest BCUT2D eigenvalue weighted by molar-refractivity contribution is 0.0583. The number of aromatic nitrogens is 4. The van der Waals surface area contributed by atoms with E-state index in [1.54, 1.807) is 35.6 Å². The number of methoxy groups -OCH3 is 2. The average molecular weight is 526 g/mol. The van der Waals surface area contributed by atoms with Crippen molar-refractivity contribution < 1.29 is 23.9 Å². The number of hydrogen-bond donors (Lipinski definition) is 0. The molecule has 34 heavy (non-hydrogen) atoms. The van der Waals surface area contributed by atoms with Crippen molar-refractivity contribution in [3.05, 3.63) is 71.1 Å². The van der Waals surface area contributed by atoms with Gasteiger partial charge in [-0.2, -0.15) is 0 Å². The smallest absolute Gasteiger partial charge is 0.355 e.